The van der Waals surface area contributed by atoms with Crippen LogP contribution in [0.3, 0.4) is 0 Å². The lowest BCUT2D eigenvalue weighted by atomic mass is 10.1. The topological polar surface area (TPSA) is 28.0 Å². The van der Waals surface area contributed by atoms with Crippen LogP contribution in [0.2, 0.25) is 0 Å². The van der Waals surface area contributed by atoms with Gasteiger partial charge in [0.2, 0.25) is 5.96 Å². The fraction of sp³-hybridized carbons (Fsp3) is 0.600. The molecule has 0 aromatic carbocycles. The molecule has 3 nitrogen and oxygen atoms in total. The van der Waals surface area contributed by atoms with Gasteiger partial charge in [-0.15, -0.1) is 0 Å². The van der Waals surface area contributed by atoms with Gasteiger partial charge in [-0.05, 0) is 18.4 Å². The summed E-state index contributed by atoms with van der Waals surface area (Å²) in [4.78, 5) is 10.9. The van der Waals surface area contributed by atoms with Crippen LogP contribution in [0, 0.1) is 5.92 Å². The lowest BCUT2D eigenvalue weighted by molar-refractivity contribution is 0.421. The molecule has 0 N–H and O–H groups in total. The molecule has 0 spiro atoms. The van der Waals surface area contributed by atoms with E-state index < -0.39 is 0 Å². The van der Waals surface area contributed by atoms with E-state index in [0.717, 1.165) is 25.5 Å². The molecule has 0 bridgehead atoms. The number of aliphatic imine (C=N–C) groups is 2. The van der Waals surface area contributed by atoms with Gasteiger partial charge < -0.3 is 4.90 Å². The highest BCUT2D eigenvalue weighted by atomic mass is 15.3. The molecule has 0 saturated heterocycles. The number of rotatable bonds is 1. The second kappa shape index (κ2) is 3.32. The summed E-state index contributed by atoms with van der Waals surface area (Å²) in [7, 11) is 0. The van der Waals surface area contributed by atoms with Crippen LogP contribution >= 0.6 is 0 Å². The number of hydrogen-bond acceptors (Lipinski definition) is 3. The highest BCUT2D eigenvalue weighted by Crippen LogP contribution is 2.20. The molecule has 2 rings (SSSR count). The molecule has 0 atom stereocenters. The van der Waals surface area contributed by atoms with Crippen molar-refractivity contribution in [2.45, 2.75) is 20.3 Å². The number of guanidine groups is 1. The van der Waals surface area contributed by atoms with Crippen molar-refractivity contribution in [3.63, 3.8) is 0 Å². The van der Waals surface area contributed by atoms with Crippen molar-refractivity contribution in [3.05, 3.63) is 11.8 Å². The smallest absolute Gasteiger partial charge is 0.224 e. The van der Waals surface area contributed by atoms with Gasteiger partial charge >= 0.3 is 0 Å². The van der Waals surface area contributed by atoms with Crippen molar-refractivity contribution in [1.82, 2.24) is 4.90 Å². The highest BCUT2D eigenvalue weighted by molar-refractivity contribution is 5.95. The summed E-state index contributed by atoms with van der Waals surface area (Å²) in [5, 5.41) is 0. The summed E-state index contributed by atoms with van der Waals surface area (Å²) in [6.45, 7) is 6.41. The van der Waals surface area contributed by atoms with E-state index in [1.807, 2.05) is 6.21 Å². The third-order valence-corrected chi connectivity index (χ3v) is 2.37. The van der Waals surface area contributed by atoms with E-state index in [0.29, 0.717) is 5.92 Å². The SMILES string of the molecule is CC(C)C1=CC=NC2=NCCCN12. The number of allylic oxidation sites excluding steroid dienone is 2. The van der Waals surface area contributed by atoms with Crippen LogP contribution in [-0.2, 0) is 0 Å². The van der Waals surface area contributed by atoms with Gasteiger partial charge in [0.1, 0.15) is 0 Å². The molecule has 0 saturated carbocycles. The second-order valence-corrected chi connectivity index (χ2v) is 3.71. The number of hydrogen-bond donors (Lipinski definition) is 0. The Morgan fingerprint density at radius 2 is 2.31 bits per heavy atom. The predicted molar refractivity (Wildman–Crippen MR) is 55.0 cm³/mol. The Bertz CT molecular complexity index is 287. The van der Waals surface area contributed by atoms with Gasteiger partial charge in [-0.2, -0.15) is 0 Å². The van der Waals surface area contributed by atoms with Crippen LogP contribution in [0.1, 0.15) is 20.3 Å². The van der Waals surface area contributed by atoms with E-state index in [1.54, 1.807) is 0 Å². The van der Waals surface area contributed by atoms with Gasteiger partial charge in [-0.3, -0.25) is 4.99 Å². The normalized spacial score (nSPS) is 21.3. The Hall–Kier alpha value is -1.12. The Balaban J connectivity index is 2.29. The van der Waals surface area contributed by atoms with E-state index in [4.69, 9.17) is 0 Å². The maximum absolute atomic E-state index is 4.39. The molecular formula is C10H15N3. The summed E-state index contributed by atoms with van der Waals surface area (Å²) in [6, 6.07) is 0. The van der Waals surface area contributed by atoms with Crippen molar-refractivity contribution in [1.29, 1.82) is 0 Å². The Morgan fingerprint density at radius 3 is 3.08 bits per heavy atom. The first-order valence-electron chi connectivity index (χ1n) is 4.85. The summed E-state index contributed by atoms with van der Waals surface area (Å²) < 4.78 is 0. The predicted octanol–water partition coefficient (Wildman–Crippen LogP) is 1.67. The molecule has 0 fully saturated rings. The highest BCUT2D eigenvalue weighted by Gasteiger charge is 2.21. The molecule has 2 aliphatic heterocycles. The average Bonchev–Trinajstić information content (AvgIpc) is 2.17. The lowest BCUT2D eigenvalue weighted by Gasteiger charge is -2.32. The summed E-state index contributed by atoms with van der Waals surface area (Å²) in [5.41, 5.74) is 1.34. The van der Waals surface area contributed by atoms with E-state index in [-0.39, 0.29) is 0 Å². The zero-order valence-electron chi connectivity index (χ0n) is 8.20. The van der Waals surface area contributed by atoms with Gasteiger partial charge in [0.15, 0.2) is 0 Å². The maximum Gasteiger partial charge on any atom is 0.224 e. The summed E-state index contributed by atoms with van der Waals surface area (Å²) in [6.07, 6.45) is 5.09. The zero-order valence-corrected chi connectivity index (χ0v) is 8.20. The molecule has 0 aromatic heterocycles. The van der Waals surface area contributed by atoms with Crippen molar-refractivity contribution >= 4 is 12.2 Å². The third kappa shape index (κ3) is 1.50. The Kier molecular flexibility index (Phi) is 2.17. The summed E-state index contributed by atoms with van der Waals surface area (Å²) >= 11 is 0. The second-order valence-electron chi connectivity index (χ2n) is 3.71. The molecule has 0 amide bonds. The fourth-order valence-electron chi connectivity index (χ4n) is 1.72. The Labute approximate surface area is 78.9 Å². The minimum atomic E-state index is 0.551. The van der Waals surface area contributed by atoms with Gasteiger partial charge in [0.05, 0.1) is 0 Å². The van der Waals surface area contributed by atoms with E-state index in [2.05, 4.69) is 34.8 Å². The first-order chi connectivity index (χ1) is 6.29. The van der Waals surface area contributed by atoms with Crippen molar-refractivity contribution in [3.8, 4) is 0 Å². The molecule has 3 heteroatoms. The molecule has 2 heterocycles. The van der Waals surface area contributed by atoms with Gasteiger partial charge in [-0.1, -0.05) is 13.8 Å². The summed E-state index contributed by atoms with van der Waals surface area (Å²) in [5.74, 6) is 1.45. The van der Waals surface area contributed by atoms with Gasteiger partial charge in [0.25, 0.3) is 0 Å². The van der Waals surface area contributed by atoms with Crippen LogP contribution in [0.4, 0.5) is 0 Å². The molecule has 0 unspecified atom stereocenters. The van der Waals surface area contributed by atoms with Crippen LogP contribution in [-0.4, -0.2) is 30.2 Å². The van der Waals surface area contributed by atoms with Crippen molar-refractivity contribution in [2.24, 2.45) is 15.9 Å². The van der Waals surface area contributed by atoms with E-state index >= 15 is 0 Å². The Morgan fingerprint density at radius 1 is 1.46 bits per heavy atom. The quantitative estimate of drug-likeness (QED) is 0.598. The molecular weight excluding hydrogens is 162 g/mol. The minimum absolute atomic E-state index is 0.551. The zero-order chi connectivity index (χ0) is 9.26. The van der Waals surface area contributed by atoms with Crippen LogP contribution in [0.15, 0.2) is 21.8 Å². The monoisotopic (exact) mass is 177 g/mol. The lowest BCUT2D eigenvalue weighted by Crippen LogP contribution is -2.37. The van der Waals surface area contributed by atoms with E-state index in [9.17, 15) is 0 Å². The standard InChI is InChI=1S/C10H15N3/c1-8(2)9-4-6-12-10-11-5-3-7-13(9)10/h4,6,8H,3,5,7H2,1-2H3. The maximum atomic E-state index is 4.39. The third-order valence-electron chi connectivity index (χ3n) is 2.37. The largest absolute Gasteiger partial charge is 0.314 e. The minimum Gasteiger partial charge on any atom is -0.314 e. The number of nitrogens with zero attached hydrogens (tertiary/aromatic N) is 3. The number of fused-ring (bicyclic) bond motifs is 1. The molecule has 0 aromatic rings. The van der Waals surface area contributed by atoms with Gasteiger partial charge in [-0.25, -0.2) is 4.99 Å². The first-order valence-corrected chi connectivity index (χ1v) is 4.85. The average molecular weight is 177 g/mol. The van der Waals surface area contributed by atoms with Gasteiger partial charge in [0, 0.05) is 25.0 Å². The van der Waals surface area contributed by atoms with E-state index in [1.165, 1.54) is 5.70 Å². The van der Waals surface area contributed by atoms with Crippen LogP contribution in [0.5, 0.6) is 0 Å². The molecule has 2 aliphatic rings. The fourth-order valence-corrected chi connectivity index (χ4v) is 1.72. The first kappa shape index (κ1) is 8.48. The van der Waals surface area contributed by atoms with Crippen LogP contribution in [0.25, 0.3) is 0 Å². The molecule has 70 valence electrons. The van der Waals surface area contributed by atoms with Crippen molar-refractivity contribution < 1.29 is 0 Å². The molecule has 13 heavy (non-hydrogen) atoms. The van der Waals surface area contributed by atoms with Crippen molar-refractivity contribution in [2.75, 3.05) is 13.1 Å². The molecule has 0 aliphatic carbocycles. The molecule has 0 radical (unpaired) electrons. The van der Waals surface area contributed by atoms with Crippen LogP contribution < -0.4 is 0 Å².